The maximum absolute atomic E-state index is 3.53. The Bertz CT molecular complexity index is 342. The van der Waals surface area contributed by atoms with Gasteiger partial charge in [0.05, 0.1) is 0 Å². The van der Waals surface area contributed by atoms with E-state index in [0.29, 0.717) is 6.04 Å². The van der Waals surface area contributed by atoms with Crippen LogP contribution in [0, 0.1) is 0 Å². The number of nitrogens with one attached hydrogen (secondary N) is 1. The van der Waals surface area contributed by atoms with E-state index in [1.807, 2.05) is 11.8 Å². The van der Waals surface area contributed by atoms with Crippen LogP contribution in [0.15, 0.2) is 33.6 Å². The molecule has 2 rings (SSSR count). The second-order valence-corrected chi connectivity index (χ2v) is 6.52. The number of hydrogen-bond donors (Lipinski definition) is 1. The first-order valence-electron chi connectivity index (χ1n) is 5.89. The van der Waals surface area contributed by atoms with Crippen molar-refractivity contribution in [2.45, 2.75) is 41.9 Å². The minimum Gasteiger partial charge on any atom is -0.316 e. The molecule has 0 aliphatic heterocycles. The Hall–Kier alpha value is 0.01000. The molecule has 1 aromatic rings. The van der Waals surface area contributed by atoms with Crippen LogP contribution in [0.1, 0.15) is 25.7 Å². The Morgan fingerprint density at radius 1 is 1.31 bits per heavy atom. The van der Waals surface area contributed by atoms with Crippen LogP contribution in [0.5, 0.6) is 0 Å². The fourth-order valence-corrected chi connectivity index (χ4v) is 4.26. The fraction of sp³-hybridized carbons (Fsp3) is 0.538. The van der Waals surface area contributed by atoms with E-state index in [1.165, 1.54) is 35.1 Å². The van der Waals surface area contributed by atoms with Crippen molar-refractivity contribution in [2.75, 3.05) is 7.05 Å². The standard InChI is InChI=1S/C13H18BrNS/c1-15-12-7-2-3-8-13(12)16-11-6-4-5-10(14)9-11/h4-6,9,12-13,15H,2-3,7-8H2,1H3. The van der Waals surface area contributed by atoms with Gasteiger partial charge in [0.2, 0.25) is 0 Å². The van der Waals surface area contributed by atoms with E-state index >= 15 is 0 Å². The van der Waals surface area contributed by atoms with Crippen LogP contribution in [0.3, 0.4) is 0 Å². The summed E-state index contributed by atoms with van der Waals surface area (Å²) in [5.74, 6) is 0. The third kappa shape index (κ3) is 3.25. The zero-order valence-corrected chi connectivity index (χ0v) is 12.0. The van der Waals surface area contributed by atoms with E-state index in [4.69, 9.17) is 0 Å². The van der Waals surface area contributed by atoms with Crippen molar-refractivity contribution < 1.29 is 0 Å². The molecule has 0 aromatic heterocycles. The molecule has 0 radical (unpaired) electrons. The molecule has 3 heteroatoms. The van der Waals surface area contributed by atoms with Gasteiger partial charge in [-0.1, -0.05) is 34.8 Å². The molecule has 88 valence electrons. The van der Waals surface area contributed by atoms with Crippen molar-refractivity contribution >= 4 is 27.7 Å². The second-order valence-electron chi connectivity index (χ2n) is 4.29. The lowest BCUT2D eigenvalue weighted by molar-refractivity contribution is 0.405. The van der Waals surface area contributed by atoms with Crippen LogP contribution >= 0.6 is 27.7 Å². The van der Waals surface area contributed by atoms with Crippen LogP contribution in [0.4, 0.5) is 0 Å². The molecule has 1 aromatic carbocycles. The third-order valence-corrected chi connectivity index (χ3v) is 5.04. The Morgan fingerprint density at radius 2 is 2.12 bits per heavy atom. The van der Waals surface area contributed by atoms with E-state index in [0.717, 1.165) is 5.25 Å². The minimum absolute atomic E-state index is 0.678. The van der Waals surface area contributed by atoms with Crippen LogP contribution in [0.25, 0.3) is 0 Å². The molecule has 2 unspecified atom stereocenters. The summed E-state index contributed by atoms with van der Waals surface area (Å²) in [5, 5.41) is 4.19. The number of rotatable bonds is 3. The lowest BCUT2D eigenvalue weighted by Crippen LogP contribution is -2.38. The summed E-state index contributed by atoms with van der Waals surface area (Å²) in [6.45, 7) is 0. The van der Waals surface area contributed by atoms with Gasteiger partial charge in [0.1, 0.15) is 0 Å². The van der Waals surface area contributed by atoms with Gasteiger partial charge in [-0.15, -0.1) is 11.8 Å². The van der Waals surface area contributed by atoms with E-state index in [-0.39, 0.29) is 0 Å². The van der Waals surface area contributed by atoms with Crippen molar-refractivity contribution in [3.63, 3.8) is 0 Å². The monoisotopic (exact) mass is 299 g/mol. The SMILES string of the molecule is CNC1CCCCC1Sc1cccc(Br)c1. The topological polar surface area (TPSA) is 12.0 Å². The van der Waals surface area contributed by atoms with Crippen LogP contribution in [-0.4, -0.2) is 18.3 Å². The number of hydrogen-bond acceptors (Lipinski definition) is 2. The number of benzene rings is 1. The predicted octanol–water partition coefficient (Wildman–Crippen LogP) is 4.07. The molecule has 0 saturated heterocycles. The summed E-state index contributed by atoms with van der Waals surface area (Å²) in [6.07, 6.45) is 5.41. The molecule has 16 heavy (non-hydrogen) atoms. The Labute approximate surface area is 111 Å². The highest BCUT2D eigenvalue weighted by Gasteiger charge is 2.24. The van der Waals surface area contributed by atoms with Crippen molar-refractivity contribution in [3.05, 3.63) is 28.7 Å². The Kier molecular flexibility index (Phi) is 4.74. The van der Waals surface area contributed by atoms with Crippen molar-refractivity contribution in [3.8, 4) is 0 Å². The van der Waals surface area contributed by atoms with Gasteiger partial charge in [-0.05, 0) is 38.1 Å². The molecule has 1 fully saturated rings. The quantitative estimate of drug-likeness (QED) is 0.903. The molecule has 0 spiro atoms. The lowest BCUT2D eigenvalue weighted by Gasteiger charge is -2.30. The van der Waals surface area contributed by atoms with Gasteiger partial charge in [-0.25, -0.2) is 0 Å². The molecule has 1 aliphatic rings. The smallest absolute Gasteiger partial charge is 0.0248 e. The fourth-order valence-electron chi connectivity index (χ4n) is 2.28. The molecular weight excluding hydrogens is 282 g/mol. The van der Waals surface area contributed by atoms with Gasteiger partial charge in [0.15, 0.2) is 0 Å². The van der Waals surface area contributed by atoms with Gasteiger partial charge in [-0.2, -0.15) is 0 Å². The van der Waals surface area contributed by atoms with Gasteiger partial charge in [0, 0.05) is 20.7 Å². The summed E-state index contributed by atoms with van der Waals surface area (Å²) < 4.78 is 1.18. The van der Waals surface area contributed by atoms with E-state index in [1.54, 1.807) is 0 Å². The lowest BCUT2D eigenvalue weighted by atomic mass is 9.95. The largest absolute Gasteiger partial charge is 0.316 e. The first-order valence-corrected chi connectivity index (χ1v) is 7.56. The van der Waals surface area contributed by atoms with Crippen molar-refractivity contribution in [1.29, 1.82) is 0 Å². The average Bonchev–Trinajstić information content (AvgIpc) is 2.30. The number of halogens is 1. The summed E-state index contributed by atoms with van der Waals surface area (Å²) in [6, 6.07) is 9.30. The van der Waals surface area contributed by atoms with E-state index in [2.05, 4.69) is 52.6 Å². The summed E-state index contributed by atoms with van der Waals surface area (Å²) in [4.78, 5) is 1.38. The summed E-state index contributed by atoms with van der Waals surface area (Å²) in [7, 11) is 2.09. The summed E-state index contributed by atoms with van der Waals surface area (Å²) in [5.41, 5.74) is 0. The molecule has 0 bridgehead atoms. The normalized spacial score (nSPS) is 25.6. The first kappa shape index (κ1) is 12.5. The highest BCUT2D eigenvalue weighted by Crippen LogP contribution is 2.34. The van der Waals surface area contributed by atoms with Gasteiger partial charge >= 0.3 is 0 Å². The highest BCUT2D eigenvalue weighted by molar-refractivity contribution is 9.10. The zero-order chi connectivity index (χ0) is 11.4. The van der Waals surface area contributed by atoms with Crippen molar-refractivity contribution in [1.82, 2.24) is 5.32 Å². The van der Waals surface area contributed by atoms with Crippen LogP contribution in [-0.2, 0) is 0 Å². The molecule has 1 saturated carbocycles. The molecule has 0 amide bonds. The average molecular weight is 300 g/mol. The first-order chi connectivity index (χ1) is 7.79. The van der Waals surface area contributed by atoms with Gasteiger partial charge < -0.3 is 5.32 Å². The van der Waals surface area contributed by atoms with E-state index in [9.17, 15) is 0 Å². The third-order valence-electron chi connectivity index (χ3n) is 3.16. The van der Waals surface area contributed by atoms with Crippen LogP contribution < -0.4 is 5.32 Å². The number of thioether (sulfide) groups is 1. The molecule has 1 aliphatic carbocycles. The Balaban J connectivity index is 2.02. The predicted molar refractivity (Wildman–Crippen MR) is 75.1 cm³/mol. The Morgan fingerprint density at radius 3 is 2.88 bits per heavy atom. The van der Waals surface area contributed by atoms with Gasteiger partial charge in [-0.3, -0.25) is 0 Å². The van der Waals surface area contributed by atoms with Crippen LogP contribution in [0.2, 0.25) is 0 Å². The molecule has 1 N–H and O–H groups in total. The zero-order valence-electron chi connectivity index (χ0n) is 9.58. The van der Waals surface area contributed by atoms with Gasteiger partial charge in [0.25, 0.3) is 0 Å². The highest BCUT2D eigenvalue weighted by atomic mass is 79.9. The molecule has 1 nitrogen and oxygen atoms in total. The molecule has 0 heterocycles. The molecule has 2 atom stereocenters. The minimum atomic E-state index is 0.678. The van der Waals surface area contributed by atoms with E-state index < -0.39 is 0 Å². The second kappa shape index (κ2) is 6.08. The molecular formula is C13H18BrNS. The summed E-state index contributed by atoms with van der Waals surface area (Å²) >= 11 is 5.55. The maximum atomic E-state index is 3.53. The van der Waals surface area contributed by atoms with Crippen molar-refractivity contribution in [2.24, 2.45) is 0 Å². The maximum Gasteiger partial charge on any atom is 0.0248 e.